The number of aromatic nitrogens is 4. The number of alkyl halides is 1. The van der Waals surface area contributed by atoms with Crippen LogP contribution in [-0.4, -0.2) is 31.2 Å². The number of nitrogens with zero attached hydrogens (tertiary/aromatic N) is 4. The molecule has 96 valence electrons. The van der Waals surface area contributed by atoms with E-state index in [-0.39, 0.29) is 0 Å². The van der Waals surface area contributed by atoms with Gasteiger partial charge in [-0.25, -0.2) is 0 Å². The highest BCUT2D eigenvalue weighted by molar-refractivity contribution is 6.17. The molecule has 2 rings (SSSR count). The van der Waals surface area contributed by atoms with Crippen molar-refractivity contribution in [3.8, 4) is 0 Å². The van der Waals surface area contributed by atoms with Gasteiger partial charge < -0.3 is 5.11 Å². The van der Waals surface area contributed by atoms with Gasteiger partial charge in [0.2, 0.25) is 0 Å². The van der Waals surface area contributed by atoms with E-state index >= 15 is 0 Å². The monoisotopic (exact) mass is 266 g/mol. The van der Waals surface area contributed by atoms with Crippen LogP contribution in [0.2, 0.25) is 0 Å². The average molecular weight is 267 g/mol. The van der Waals surface area contributed by atoms with Crippen molar-refractivity contribution in [3.63, 3.8) is 0 Å². The molecule has 1 N–H and O–H groups in total. The first-order chi connectivity index (χ1) is 8.64. The van der Waals surface area contributed by atoms with Gasteiger partial charge in [0.1, 0.15) is 0 Å². The summed E-state index contributed by atoms with van der Waals surface area (Å²) < 4.78 is 0. The lowest BCUT2D eigenvalue weighted by Gasteiger charge is -2.26. The third-order valence-corrected chi connectivity index (χ3v) is 3.01. The van der Waals surface area contributed by atoms with E-state index in [2.05, 4.69) is 15.4 Å². The molecular formula is C12H15ClN4O. The zero-order valence-electron chi connectivity index (χ0n) is 10.1. The molecule has 0 aliphatic heterocycles. The molecule has 1 heterocycles. The van der Waals surface area contributed by atoms with E-state index < -0.39 is 5.60 Å². The van der Waals surface area contributed by atoms with Crippen LogP contribution >= 0.6 is 11.6 Å². The molecule has 6 heteroatoms. The molecule has 0 amide bonds. The second-order valence-electron chi connectivity index (χ2n) is 4.21. The zero-order chi connectivity index (χ0) is 13.0. The van der Waals surface area contributed by atoms with Crippen LogP contribution in [0.25, 0.3) is 0 Å². The molecule has 18 heavy (non-hydrogen) atoms. The number of aryl methyl sites for hydroxylation is 1. The Kier molecular flexibility index (Phi) is 3.93. The van der Waals surface area contributed by atoms with Crippen LogP contribution in [0.15, 0.2) is 30.3 Å². The molecule has 0 spiro atoms. The molecular weight excluding hydrogens is 252 g/mol. The molecule has 0 fully saturated rings. The fourth-order valence-electron chi connectivity index (χ4n) is 1.90. The lowest BCUT2D eigenvalue weighted by atomic mass is 9.88. The van der Waals surface area contributed by atoms with E-state index in [1.165, 1.54) is 4.80 Å². The molecule has 5 nitrogen and oxygen atoms in total. The molecule has 0 saturated heterocycles. The van der Waals surface area contributed by atoms with Crippen molar-refractivity contribution in [2.45, 2.75) is 18.4 Å². The number of rotatable bonds is 5. The third-order valence-electron chi connectivity index (χ3n) is 2.82. The number of hydrogen-bond donors (Lipinski definition) is 1. The SMILES string of the molecule is Cn1nnc(CC(O)(CCCl)c2ccccc2)n1. The Morgan fingerprint density at radius 1 is 1.33 bits per heavy atom. The minimum atomic E-state index is -1.05. The maximum Gasteiger partial charge on any atom is 0.178 e. The number of tetrazole rings is 1. The van der Waals surface area contributed by atoms with Crippen molar-refractivity contribution in [3.05, 3.63) is 41.7 Å². The maximum atomic E-state index is 10.7. The molecule has 0 aliphatic carbocycles. The number of halogens is 1. The van der Waals surface area contributed by atoms with E-state index in [1.54, 1.807) is 7.05 Å². The molecule has 2 aromatic rings. The summed E-state index contributed by atoms with van der Waals surface area (Å²) in [5.74, 6) is 0.875. The number of hydrogen-bond acceptors (Lipinski definition) is 4. The molecule has 0 saturated carbocycles. The standard InChI is InChI=1S/C12H15ClN4O/c1-17-15-11(14-16-17)9-12(18,7-8-13)10-5-3-2-4-6-10/h2-6,18H,7-9H2,1H3. The van der Waals surface area contributed by atoms with Crippen LogP contribution in [0.4, 0.5) is 0 Å². The lowest BCUT2D eigenvalue weighted by molar-refractivity contribution is 0.0315. The van der Waals surface area contributed by atoms with Gasteiger partial charge in [-0.2, -0.15) is 4.80 Å². The Hall–Kier alpha value is -1.46. The Labute approximate surface area is 110 Å². The summed E-state index contributed by atoms with van der Waals surface area (Å²) in [6, 6.07) is 9.44. The number of benzene rings is 1. The van der Waals surface area contributed by atoms with Crippen LogP contribution in [0.5, 0.6) is 0 Å². The predicted molar refractivity (Wildman–Crippen MR) is 68.2 cm³/mol. The van der Waals surface area contributed by atoms with E-state index in [0.29, 0.717) is 24.5 Å². The Morgan fingerprint density at radius 2 is 2.06 bits per heavy atom. The Morgan fingerprint density at radius 3 is 2.61 bits per heavy atom. The summed E-state index contributed by atoms with van der Waals surface area (Å²) in [5.41, 5.74) is -0.232. The van der Waals surface area contributed by atoms with Gasteiger partial charge in [0.15, 0.2) is 5.82 Å². The molecule has 1 unspecified atom stereocenters. The quantitative estimate of drug-likeness (QED) is 0.828. The summed E-state index contributed by atoms with van der Waals surface area (Å²) in [5, 5.41) is 22.5. The molecule has 0 aliphatic rings. The maximum absolute atomic E-state index is 10.7. The first kappa shape index (κ1) is 13.0. The van der Waals surface area contributed by atoms with E-state index in [4.69, 9.17) is 11.6 Å². The van der Waals surface area contributed by atoms with Gasteiger partial charge in [-0.05, 0) is 17.2 Å². The van der Waals surface area contributed by atoms with E-state index in [9.17, 15) is 5.11 Å². The second kappa shape index (κ2) is 5.46. The van der Waals surface area contributed by atoms with Crippen LogP contribution in [0.3, 0.4) is 0 Å². The zero-order valence-corrected chi connectivity index (χ0v) is 10.9. The van der Waals surface area contributed by atoms with Crippen molar-refractivity contribution >= 4 is 11.6 Å². The number of aliphatic hydroxyl groups is 1. The van der Waals surface area contributed by atoms with Crippen LogP contribution < -0.4 is 0 Å². The van der Waals surface area contributed by atoms with E-state index in [1.807, 2.05) is 30.3 Å². The van der Waals surface area contributed by atoms with Crippen molar-refractivity contribution in [2.24, 2.45) is 7.05 Å². The third kappa shape index (κ3) is 2.86. The van der Waals surface area contributed by atoms with Crippen LogP contribution in [-0.2, 0) is 19.1 Å². The van der Waals surface area contributed by atoms with Gasteiger partial charge in [0.05, 0.1) is 12.6 Å². The van der Waals surface area contributed by atoms with Gasteiger partial charge >= 0.3 is 0 Å². The minimum Gasteiger partial charge on any atom is -0.385 e. The first-order valence-corrected chi connectivity index (χ1v) is 6.24. The summed E-state index contributed by atoms with van der Waals surface area (Å²) in [7, 11) is 1.69. The molecule has 1 aromatic carbocycles. The molecule has 0 bridgehead atoms. The lowest BCUT2D eigenvalue weighted by Crippen LogP contribution is -2.29. The second-order valence-corrected chi connectivity index (χ2v) is 4.59. The topological polar surface area (TPSA) is 63.8 Å². The highest BCUT2D eigenvalue weighted by Crippen LogP contribution is 2.28. The highest BCUT2D eigenvalue weighted by atomic mass is 35.5. The summed E-state index contributed by atoms with van der Waals surface area (Å²) in [4.78, 5) is 1.38. The predicted octanol–water partition coefficient (Wildman–Crippen LogP) is 1.27. The Balaban J connectivity index is 2.26. The van der Waals surface area contributed by atoms with Gasteiger partial charge in [0, 0.05) is 12.3 Å². The Bertz CT molecular complexity index is 502. The van der Waals surface area contributed by atoms with E-state index in [0.717, 1.165) is 5.56 Å². The summed E-state index contributed by atoms with van der Waals surface area (Å²) in [6.45, 7) is 0. The van der Waals surface area contributed by atoms with Crippen molar-refractivity contribution in [2.75, 3.05) is 5.88 Å². The first-order valence-electron chi connectivity index (χ1n) is 5.71. The van der Waals surface area contributed by atoms with Crippen LogP contribution in [0.1, 0.15) is 17.8 Å². The highest BCUT2D eigenvalue weighted by Gasteiger charge is 2.30. The minimum absolute atomic E-state index is 0.303. The van der Waals surface area contributed by atoms with Crippen molar-refractivity contribution in [1.82, 2.24) is 20.2 Å². The van der Waals surface area contributed by atoms with Gasteiger partial charge in [0.25, 0.3) is 0 Å². The average Bonchev–Trinajstić information content (AvgIpc) is 2.76. The molecule has 1 atom stereocenters. The normalized spacial score (nSPS) is 14.4. The fourth-order valence-corrected chi connectivity index (χ4v) is 2.21. The van der Waals surface area contributed by atoms with Gasteiger partial charge in [-0.15, -0.1) is 21.8 Å². The largest absolute Gasteiger partial charge is 0.385 e. The van der Waals surface area contributed by atoms with Gasteiger partial charge in [-0.3, -0.25) is 0 Å². The summed E-state index contributed by atoms with van der Waals surface area (Å²) in [6.07, 6.45) is 0.744. The van der Waals surface area contributed by atoms with Crippen LogP contribution in [0, 0.1) is 0 Å². The van der Waals surface area contributed by atoms with Gasteiger partial charge in [-0.1, -0.05) is 30.3 Å². The fraction of sp³-hybridized carbons (Fsp3) is 0.417. The summed E-state index contributed by atoms with van der Waals surface area (Å²) >= 11 is 5.79. The van der Waals surface area contributed by atoms with Crippen molar-refractivity contribution < 1.29 is 5.11 Å². The van der Waals surface area contributed by atoms with Crippen molar-refractivity contribution in [1.29, 1.82) is 0 Å². The molecule has 0 radical (unpaired) electrons. The smallest absolute Gasteiger partial charge is 0.178 e. The molecule has 1 aromatic heterocycles.